The molecule has 0 bridgehead atoms. The number of amides is 2. The lowest BCUT2D eigenvalue weighted by Gasteiger charge is -2.26. The van der Waals surface area contributed by atoms with Crippen LogP contribution in [0, 0.1) is 0 Å². The van der Waals surface area contributed by atoms with Crippen molar-refractivity contribution < 1.29 is 14.7 Å². The third-order valence-corrected chi connectivity index (χ3v) is 4.95. The summed E-state index contributed by atoms with van der Waals surface area (Å²) in [5.41, 5.74) is 2.43. The molecule has 1 aliphatic heterocycles. The lowest BCUT2D eigenvalue weighted by Crippen LogP contribution is -2.35. The number of para-hydroxylation sites is 1. The molecule has 0 aliphatic carbocycles. The molecule has 0 saturated carbocycles. The Morgan fingerprint density at radius 2 is 1.67 bits per heavy atom. The highest BCUT2D eigenvalue weighted by molar-refractivity contribution is 5.94. The number of carbonyl (C=O) groups is 2. The van der Waals surface area contributed by atoms with Gasteiger partial charge in [-0.3, -0.25) is 9.59 Å². The van der Waals surface area contributed by atoms with Crippen LogP contribution in [0.4, 0.5) is 0 Å². The number of phenolic OH excluding ortho intramolecular Hbond substituents is 1. The van der Waals surface area contributed by atoms with Gasteiger partial charge in [0.15, 0.2) is 0 Å². The maximum Gasteiger partial charge on any atom is 0.253 e. The van der Waals surface area contributed by atoms with Gasteiger partial charge in [0.1, 0.15) is 5.75 Å². The Labute approximate surface area is 160 Å². The van der Waals surface area contributed by atoms with Gasteiger partial charge in [-0.1, -0.05) is 30.3 Å². The molecule has 1 heterocycles. The highest BCUT2D eigenvalue weighted by Crippen LogP contribution is 2.17. The third kappa shape index (κ3) is 5.33. The molecule has 5 nitrogen and oxygen atoms in total. The number of phenols is 1. The Hall–Kier alpha value is -2.82. The van der Waals surface area contributed by atoms with Crippen LogP contribution in [0.3, 0.4) is 0 Å². The molecule has 27 heavy (non-hydrogen) atoms. The number of aryl methyl sites for hydroxylation is 1. The van der Waals surface area contributed by atoms with Gasteiger partial charge in [-0.15, -0.1) is 0 Å². The normalized spacial score (nSPS) is 14.0. The minimum Gasteiger partial charge on any atom is -0.508 e. The van der Waals surface area contributed by atoms with Gasteiger partial charge in [-0.25, -0.2) is 0 Å². The number of carbonyl (C=O) groups excluding carboxylic acids is 2. The molecule has 142 valence electrons. The Morgan fingerprint density at radius 3 is 2.37 bits per heavy atom. The minimum atomic E-state index is -0.0632. The summed E-state index contributed by atoms with van der Waals surface area (Å²) < 4.78 is 0. The van der Waals surface area contributed by atoms with Gasteiger partial charge in [0.05, 0.1) is 0 Å². The van der Waals surface area contributed by atoms with Crippen LogP contribution in [-0.2, 0) is 17.8 Å². The maximum absolute atomic E-state index is 12.5. The van der Waals surface area contributed by atoms with Crippen molar-refractivity contribution in [3.63, 3.8) is 0 Å². The van der Waals surface area contributed by atoms with E-state index in [9.17, 15) is 14.7 Å². The first-order chi connectivity index (χ1) is 13.1. The largest absolute Gasteiger partial charge is 0.508 e. The number of nitrogens with zero attached hydrogens (tertiary/aromatic N) is 1. The Morgan fingerprint density at radius 1 is 0.963 bits per heavy atom. The van der Waals surface area contributed by atoms with E-state index in [0.717, 1.165) is 37.1 Å². The topological polar surface area (TPSA) is 69.6 Å². The Kier molecular flexibility index (Phi) is 6.47. The van der Waals surface area contributed by atoms with Crippen LogP contribution in [0.1, 0.15) is 47.2 Å². The fourth-order valence-electron chi connectivity index (χ4n) is 3.30. The van der Waals surface area contributed by atoms with Crippen molar-refractivity contribution in [1.82, 2.24) is 10.2 Å². The zero-order chi connectivity index (χ0) is 19.1. The number of hydrogen-bond donors (Lipinski definition) is 2. The number of likely N-dealkylation sites (tertiary alicyclic amines) is 1. The highest BCUT2D eigenvalue weighted by Gasteiger charge is 2.17. The predicted octanol–water partition coefficient (Wildman–Crippen LogP) is 3.27. The van der Waals surface area contributed by atoms with Crippen LogP contribution in [-0.4, -0.2) is 34.9 Å². The van der Waals surface area contributed by atoms with Crippen molar-refractivity contribution in [3.05, 3.63) is 65.2 Å². The quantitative estimate of drug-likeness (QED) is 0.824. The van der Waals surface area contributed by atoms with E-state index in [1.165, 1.54) is 6.42 Å². The minimum absolute atomic E-state index is 0.0632. The van der Waals surface area contributed by atoms with Crippen LogP contribution in [0.5, 0.6) is 5.75 Å². The first-order valence-electron chi connectivity index (χ1n) is 9.55. The number of nitrogens with one attached hydrogen (secondary N) is 1. The molecule has 2 amide bonds. The Balaban J connectivity index is 1.46. The van der Waals surface area contributed by atoms with Crippen molar-refractivity contribution in [2.24, 2.45) is 0 Å². The van der Waals surface area contributed by atoms with Crippen LogP contribution >= 0.6 is 0 Å². The maximum atomic E-state index is 12.5. The first kappa shape index (κ1) is 19.0. The zero-order valence-electron chi connectivity index (χ0n) is 15.5. The molecule has 2 aromatic rings. The summed E-state index contributed by atoms with van der Waals surface area (Å²) in [5.74, 6) is 0.249. The molecular formula is C22H26N2O3. The van der Waals surface area contributed by atoms with Gasteiger partial charge in [0.25, 0.3) is 5.91 Å². The monoisotopic (exact) mass is 366 g/mol. The fourth-order valence-corrected chi connectivity index (χ4v) is 3.30. The summed E-state index contributed by atoms with van der Waals surface area (Å²) in [5, 5.41) is 12.6. The molecule has 0 atom stereocenters. The van der Waals surface area contributed by atoms with Crippen LogP contribution in [0.25, 0.3) is 0 Å². The van der Waals surface area contributed by atoms with Gasteiger partial charge in [-0.2, -0.15) is 0 Å². The number of piperidine rings is 1. The van der Waals surface area contributed by atoms with Gasteiger partial charge in [0, 0.05) is 31.6 Å². The van der Waals surface area contributed by atoms with E-state index < -0.39 is 0 Å². The summed E-state index contributed by atoms with van der Waals surface area (Å²) in [6, 6.07) is 14.5. The second kappa shape index (κ2) is 9.21. The summed E-state index contributed by atoms with van der Waals surface area (Å²) in [6.45, 7) is 2.11. The van der Waals surface area contributed by atoms with Crippen LogP contribution < -0.4 is 5.32 Å². The van der Waals surface area contributed by atoms with E-state index in [0.29, 0.717) is 24.9 Å². The second-order valence-electron chi connectivity index (χ2n) is 6.96. The lowest BCUT2D eigenvalue weighted by atomic mass is 10.1. The molecule has 1 saturated heterocycles. The summed E-state index contributed by atoms with van der Waals surface area (Å²) >= 11 is 0. The molecular weight excluding hydrogens is 340 g/mol. The number of rotatable bonds is 6. The smallest absolute Gasteiger partial charge is 0.253 e. The third-order valence-electron chi connectivity index (χ3n) is 4.95. The molecule has 5 heteroatoms. The number of hydrogen-bond acceptors (Lipinski definition) is 3. The molecule has 1 fully saturated rings. The van der Waals surface area contributed by atoms with E-state index in [1.54, 1.807) is 12.1 Å². The number of benzene rings is 2. The van der Waals surface area contributed by atoms with E-state index in [1.807, 2.05) is 41.3 Å². The molecule has 3 rings (SSSR count). The van der Waals surface area contributed by atoms with E-state index in [2.05, 4.69) is 5.32 Å². The van der Waals surface area contributed by atoms with Crippen molar-refractivity contribution in [2.75, 3.05) is 13.1 Å². The van der Waals surface area contributed by atoms with Gasteiger partial charge < -0.3 is 15.3 Å². The van der Waals surface area contributed by atoms with E-state index in [4.69, 9.17) is 0 Å². The fraction of sp³-hybridized carbons (Fsp3) is 0.364. The van der Waals surface area contributed by atoms with E-state index >= 15 is 0 Å². The summed E-state index contributed by atoms with van der Waals surface area (Å²) in [6.07, 6.45) is 4.18. The standard InChI is InChI=1S/C22H26N2O3/c25-20-7-3-2-6-18(20)12-13-21(26)23-16-17-8-10-19(11-9-17)22(27)24-14-4-1-5-15-24/h2-3,6-11,25H,1,4-5,12-16H2,(H,23,26). The summed E-state index contributed by atoms with van der Waals surface area (Å²) in [4.78, 5) is 26.4. The predicted molar refractivity (Wildman–Crippen MR) is 104 cm³/mol. The zero-order valence-corrected chi connectivity index (χ0v) is 15.5. The van der Waals surface area contributed by atoms with Crippen molar-refractivity contribution in [3.8, 4) is 5.75 Å². The van der Waals surface area contributed by atoms with Crippen molar-refractivity contribution in [2.45, 2.75) is 38.6 Å². The van der Waals surface area contributed by atoms with Crippen LogP contribution in [0.2, 0.25) is 0 Å². The van der Waals surface area contributed by atoms with Gasteiger partial charge >= 0.3 is 0 Å². The first-order valence-corrected chi connectivity index (χ1v) is 9.55. The average Bonchev–Trinajstić information content (AvgIpc) is 2.72. The number of aromatic hydroxyl groups is 1. The molecule has 1 aliphatic rings. The second-order valence-corrected chi connectivity index (χ2v) is 6.96. The molecule has 0 spiro atoms. The SMILES string of the molecule is O=C(CCc1ccccc1O)NCc1ccc(C(=O)N2CCCCC2)cc1. The highest BCUT2D eigenvalue weighted by atomic mass is 16.3. The van der Waals surface area contributed by atoms with E-state index in [-0.39, 0.29) is 17.6 Å². The molecule has 0 aromatic heterocycles. The van der Waals surface area contributed by atoms with Gasteiger partial charge in [-0.05, 0) is 55.0 Å². The van der Waals surface area contributed by atoms with Gasteiger partial charge in [0.2, 0.25) is 5.91 Å². The van der Waals surface area contributed by atoms with Crippen molar-refractivity contribution in [1.29, 1.82) is 0 Å². The van der Waals surface area contributed by atoms with Crippen LogP contribution in [0.15, 0.2) is 48.5 Å². The molecule has 2 aromatic carbocycles. The Bertz CT molecular complexity index is 780. The molecule has 2 N–H and O–H groups in total. The average molecular weight is 366 g/mol. The summed E-state index contributed by atoms with van der Waals surface area (Å²) in [7, 11) is 0. The lowest BCUT2D eigenvalue weighted by molar-refractivity contribution is -0.121. The molecule has 0 unspecified atom stereocenters. The van der Waals surface area contributed by atoms with Crippen molar-refractivity contribution >= 4 is 11.8 Å². The molecule has 0 radical (unpaired) electrons.